The molecule has 1 atom stereocenters. The van der Waals surface area contributed by atoms with Gasteiger partial charge in [0.2, 0.25) is 6.79 Å². The lowest BCUT2D eigenvalue weighted by atomic mass is 9.92. The van der Waals surface area contributed by atoms with E-state index in [0.29, 0.717) is 11.5 Å². The monoisotopic (exact) mass is 384 g/mol. The molecule has 7 nitrogen and oxygen atoms in total. The molecule has 0 bridgehead atoms. The van der Waals surface area contributed by atoms with Gasteiger partial charge in [-0.15, -0.1) is 0 Å². The van der Waals surface area contributed by atoms with Gasteiger partial charge in [-0.1, -0.05) is 6.07 Å². The van der Waals surface area contributed by atoms with E-state index in [1.54, 1.807) is 25.1 Å². The lowest BCUT2D eigenvalue weighted by Gasteiger charge is -2.21. The second-order valence-electron chi connectivity index (χ2n) is 6.95. The molecule has 2 aliphatic heterocycles. The van der Waals surface area contributed by atoms with E-state index in [4.69, 9.17) is 9.47 Å². The van der Waals surface area contributed by atoms with Crippen LogP contribution in [0.15, 0.2) is 42.5 Å². The molecule has 1 saturated heterocycles. The van der Waals surface area contributed by atoms with Gasteiger partial charge in [0.05, 0.1) is 6.54 Å². The Bertz CT molecular complexity index is 975. The Kier molecular flexibility index (Phi) is 4.26. The number of carbonyl (C=O) groups excluding carboxylic acids is 3. The zero-order valence-corrected chi connectivity index (χ0v) is 15.0. The molecule has 0 radical (unpaired) electrons. The number of rotatable bonds is 5. The fourth-order valence-corrected chi connectivity index (χ4v) is 3.34. The van der Waals surface area contributed by atoms with Crippen molar-refractivity contribution >= 4 is 17.7 Å². The minimum atomic E-state index is -1.19. The molecule has 0 spiro atoms. The molecule has 8 heteroatoms. The zero-order valence-electron chi connectivity index (χ0n) is 15.0. The summed E-state index contributed by atoms with van der Waals surface area (Å²) in [4.78, 5) is 38.5. The van der Waals surface area contributed by atoms with E-state index >= 15 is 0 Å². The van der Waals surface area contributed by atoms with Gasteiger partial charge < -0.3 is 14.8 Å². The van der Waals surface area contributed by atoms with Crippen LogP contribution in [-0.4, -0.2) is 41.5 Å². The summed E-state index contributed by atoms with van der Waals surface area (Å²) in [5.41, 5.74) is -0.174. The van der Waals surface area contributed by atoms with Crippen LogP contribution in [-0.2, 0) is 11.2 Å². The summed E-state index contributed by atoms with van der Waals surface area (Å²) in [6.45, 7) is 1.35. The summed E-state index contributed by atoms with van der Waals surface area (Å²) in [6.07, 6.45) is 0.232. The number of benzene rings is 2. The van der Waals surface area contributed by atoms with Crippen LogP contribution in [0.4, 0.5) is 9.18 Å². The van der Waals surface area contributed by atoms with Crippen molar-refractivity contribution in [3.05, 3.63) is 59.4 Å². The number of fused-ring (bicyclic) bond motifs is 1. The minimum Gasteiger partial charge on any atom is -0.454 e. The number of hydrogen-bond donors (Lipinski definition) is 1. The molecule has 2 heterocycles. The number of nitrogens with zero attached hydrogens (tertiary/aromatic N) is 1. The van der Waals surface area contributed by atoms with Crippen molar-refractivity contribution in [1.82, 2.24) is 10.2 Å². The predicted molar refractivity (Wildman–Crippen MR) is 95.6 cm³/mol. The van der Waals surface area contributed by atoms with E-state index in [-0.39, 0.29) is 18.8 Å². The molecular weight excluding hydrogens is 367 g/mol. The third-order valence-electron chi connectivity index (χ3n) is 4.81. The Labute approximate surface area is 160 Å². The summed E-state index contributed by atoms with van der Waals surface area (Å²) < 4.78 is 23.6. The van der Waals surface area contributed by atoms with Gasteiger partial charge in [-0.2, -0.15) is 0 Å². The summed E-state index contributed by atoms with van der Waals surface area (Å²) in [5, 5.41) is 2.67. The van der Waals surface area contributed by atoms with E-state index < -0.39 is 35.6 Å². The normalized spacial score (nSPS) is 20.4. The smallest absolute Gasteiger partial charge is 0.325 e. The van der Waals surface area contributed by atoms with Crippen LogP contribution in [0.2, 0.25) is 0 Å². The largest absolute Gasteiger partial charge is 0.454 e. The molecule has 0 unspecified atom stereocenters. The number of ketones is 1. The molecule has 28 heavy (non-hydrogen) atoms. The molecule has 0 saturated carbocycles. The van der Waals surface area contributed by atoms with Crippen LogP contribution >= 0.6 is 0 Å². The highest BCUT2D eigenvalue weighted by molar-refractivity contribution is 6.11. The van der Waals surface area contributed by atoms with Gasteiger partial charge >= 0.3 is 6.03 Å². The van der Waals surface area contributed by atoms with Crippen molar-refractivity contribution in [1.29, 1.82) is 0 Å². The maximum Gasteiger partial charge on any atom is 0.325 e. The number of nitrogens with one attached hydrogen (secondary N) is 1. The number of ether oxygens (including phenoxy) is 2. The fraction of sp³-hybridized carbons (Fsp3) is 0.250. The van der Waals surface area contributed by atoms with Crippen LogP contribution in [0.1, 0.15) is 22.8 Å². The molecule has 144 valence electrons. The number of Topliss-reactive ketones (excluding diaryl/α,β-unsaturated/α-hetero) is 1. The minimum absolute atomic E-state index is 0.144. The molecular formula is C20H17FN2O5. The molecule has 1 N–H and O–H groups in total. The second-order valence-corrected chi connectivity index (χ2v) is 6.95. The SMILES string of the molecule is C[C@@]1(Cc2ccc3c(c2)OCO3)NC(=O)N(CC(=O)c2ccc(F)cc2)C1=O. The molecule has 3 amide bonds. The third kappa shape index (κ3) is 3.17. The van der Waals surface area contributed by atoms with Crippen LogP contribution in [0.25, 0.3) is 0 Å². The Morgan fingerprint density at radius 3 is 2.61 bits per heavy atom. The second kappa shape index (κ2) is 6.63. The lowest BCUT2D eigenvalue weighted by molar-refractivity contribution is -0.130. The molecule has 1 fully saturated rings. The van der Waals surface area contributed by atoms with Crippen molar-refractivity contribution in [3.8, 4) is 11.5 Å². The first-order valence-electron chi connectivity index (χ1n) is 8.67. The Morgan fingerprint density at radius 1 is 1.14 bits per heavy atom. The van der Waals surface area contributed by atoms with E-state index in [9.17, 15) is 18.8 Å². The topological polar surface area (TPSA) is 84.9 Å². The Hall–Kier alpha value is -3.42. The number of hydrogen-bond acceptors (Lipinski definition) is 5. The van der Waals surface area contributed by atoms with E-state index in [2.05, 4.69) is 5.32 Å². The van der Waals surface area contributed by atoms with Gasteiger partial charge in [-0.3, -0.25) is 14.5 Å². The van der Waals surface area contributed by atoms with Gasteiger partial charge in [-0.05, 0) is 48.9 Å². The molecule has 2 aliphatic rings. The van der Waals surface area contributed by atoms with Crippen LogP contribution in [0.3, 0.4) is 0 Å². The summed E-state index contributed by atoms with van der Waals surface area (Å²) in [5.74, 6) is -0.201. The highest BCUT2D eigenvalue weighted by Gasteiger charge is 2.48. The van der Waals surface area contributed by atoms with Gasteiger partial charge in [0, 0.05) is 12.0 Å². The molecule has 0 aliphatic carbocycles. The zero-order chi connectivity index (χ0) is 19.9. The van der Waals surface area contributed by atoms with E-state index in [1.807, 2.05) is 0 Å². The van der Waals surface area contributed by atoms with Crippen LogP contribution in [0.5, 0.6) is 11.5 Å². The van der Waals surface area contributed by atoms with Gasteiger partial charge in [-0.25, -0.2) is 9.18 Å². The van der Waals surface area contributed by atoms with E-state index in [1.165, 1.54) is 12.1 Å². The van der Waals surface area contributed by atoms with Gasteiger partial charge in [0.25, 0.3) is 5.91 Å². The number of halogens is 1. The Morgan fingerprint density at radius 2 is 1.86 bits per heavy atom. The van der Waals surface area contributed by atoms with Crippen molar-refractivity contribution in [2.75, 3.05) is 13.3 Å². The highest BCUT2D eigenvalue weighted by Crippen LogP contribution is 2.34. The number of urea groups is 1. The highest BCUT2D eigenvalue weighted by atomic mass is 19.1. The maximum absolute atomic E-state index is 13.0. The quantitative estimate of drug-likeness (QED) is 0.632. The molecule has 2 aromatic carbocycles. The first kappa shape index (κ1) is 18.0. The lowest BCUT2D eigenvalue weighted by Crippen LogP contribution is -2.46. The third-order valence-corrected chi connectivity index (χ3v) is 4.81. The fourth-order valence-electron chi connectivity index (χ4n) is 3.34. The molecule has 0 aromatic heterocycles. The average Bonchev–Trinajstić information content (AvgIpc) is 3.20. The standard InChI is InChI=1S/C20H17FN2O5/c1-20(9-12-2-7-16-17(8-12)28-11-27-16)18(25)23(19(26)22-20)10-15(24)13-3-5-14(21)6-4-13/h2-8H,9-11H2,1H3,(H,22,26)/t20-/m0/s1. The molecule has 2 aromatic rings. The van der Waals surface area contributed by atoms with E-state index in [0.717, 1.165) is 22.6 Å². The number of carbonyl (C=O) groups is 3. The van der Waals surface area contributed by atoms with Crippen molar-refractivity contribution in [2.24, 2.45) is 0 Å². The molecule has 4 rings (SSSR count). The van der Waals surface area contributed by atoms with Crippen molar-refractivity contribution in [2.45, 2.75) is 18.9 Å². The first-order chi connectivity index (χ1) is 13.4. The van der Waals surface area contributed by atoms with Crippen molar-refractivity contribution < 1.29 is 28.2 Å². The predicted octanol–water partition coefficient (Wildman–Crippen LogP) is 2.29. The number of amides is 3. The summed E-state index contributed by atoms with van der Waals surface area (Å²) in [6, 6.07) is 9.63. The number of imide groups is 1. The average molecular weight is 384 g/mol. The summed E-state index contributed by atoms with van der Waals surface area (Å²) >= 11 is 0. The maximum atomic E-state index is 13.0. The Balaban J connectivity index is 1.49. The van der Waals surface area contributed by atoms with Crippen molar-refractivity contribution in [3.63, 3.8) is 0 Å². The first-order valence-corrected chi connectivity index (χ1v) is 8.67. The van der Waals surface area contributed by atoms with Gasteiger partial charge in [0.1, 0.15) is 11.4 Å². The van der Waals surface area contributed by atoms with Crippen LogP contribution in [0, 0.1) is 5.82 Å². The summed E-state index contributed by atoms with van der Waals surface area (Å²) in [7, 11) is 0. The van der Waals surface area contributed by atoms with Gasteiger partial charge in [0.15, 0.2) is 17.3 Å². The van der Waals surface area contributed by atoms with Crippen LogP contribution < -0.4 is 14.8 Å².